The van der Waals surface area contributed by atoms with Gasteiger partial charge in [-0.1, -0.05) is 60.7 Å². The average Bonchev–Trinajstić information content (AvgIpc) is 3.22. The molecule has 3 unspecified atom stereocenters. The molecule has 1 aliphatic carbocycles. The third-order valence-electron chi connectivity index (χ3n) is 6.83. The summed E-state index contributed by atoms with van der Waals surface area (Å²) in [7, 11) is 1.94. The van der Waals surface area contributed by atoms with Gasteiger partial charge in [0.2, 0.25) is 0 Å². The van der Waals surface area contributed by atoms with Gasteiger partial charge in [-0.3, -0.25) is 9.59 Å². The van der Waals surface area contributed by atoms with Gasteiger partial charge in [0.05, 0.1) is 30.7 Å². The van der Waals surface area contributed by atoms with Crippen LogP contribution in [0.25, 0.3) is 0 Å². The van der Waals surface area contributed by atoms with Crippen LogP contribution in [0.5, 0.6) is 0 Å². The van der Waals surface area contributed by atoms with E-state index in [0.717, 1.165) is 11.1 Å². The van der Waals surface area contributed by atoms with Crippen LogP contribution in [0, 0.1) is 11.3 Å². The van der Waals surface area contributed by atoms with Crippen molar-refractivity contribution >= 4 is 19.8 Å². The molecule has 2 aromatic rings. The van der Waals surface area contributed by atoms with Crippen molar-refractivity contribution in [1.29, 1.82) is 0 Å². The zero-order valence-electron chi connectivity index (χ0n) is 17.5. The molecule has 31 heavy (non-hydrogen) atoms. The lowest BCUT2D eigenvalue weighted by Gasteiger charge is -2.53. The van der Waals surface area contributed by atoms with Gasteiger partial charge < -0.3 is 18.9 Å². The smallest absolute Gasteiger partial charge is 0.315 e. The molecule has 0 spiro atoms. The molecular formula is C24H25BO6. The zero-order chi connectivity index (χ0) is 21.5. The molecule has 5 atom stereocenters. The number of hydrogen-bond donors (Lipinski definition) is 0. The second-order valence-corrected chi connectivity index (χ2v) is 8.86. The lowest BCUT2D eigenvalue weighted by molar-refractivity contribution is -0.210. The standard InChI is InChI=1S/C24H25BO6/c25-21-19-20-23(15-30-19,22(27)29-13-17-9-5-2-6-10-17)14-24(20,31-21)11-18(26)28-12-16-7-3-1-4-8-16/h1-10,19-21H,11-15,25H2/t19?,20?,21-,23?,24+/m1/s1. The largest absolute Gasteiger partial charge is 0.461 e. The van der Waals surface area contributed by atoms with Gasteiger partial charge in [-0.15, -0.1) is 0 Å². The van der Waals surface area contributed by atoms with Crippen molar-refractivity contribution in [3.05, 3.63) is 71.8 Å². The summed E-state index contributed by atoms with van der Waals surface area (Å²) in [6, 6.07) is 19.0. The molecule has 2 heterocycles. The SMILES string of the molecule is B[C@@H]1O[C@@]2(CC(=O)OCc3ccccc3)CC3(C(=O)OCc4ccccc4)COC1C32. The Balaban J connectivity index is 1.25. The first-order valence-electron chi connectivity index (χ1n) is 10.7. The van der Waals surface area contributed by atoms with Gasteiger partial charge in [-0.2, -0.15) is 0 Å². The molecule has 0 bridgehead atoms. The molecule has 0 radical (unpaired) electrons. The van der Waals surface area contributed by atoms with E-state index in [1.54, 1.807) is 0 Å². The third-order valence-corrected chi connectivity index (χ3v) is 6.83. The maximum atomic E-state index is 13.1. The van der Waals surface area contributed by atoms with Crippen LogP contribution in [0.15, 0.2) is 60.7 Å². The number of benzene rings is 2. The first-order chi connectivity index (χ1) is 15.0. The number of ether oxygens (including phenoxy) is 4. The Labute approximate surface area is 182 Å². The molecule has 160 valence electrons. The van der Waals surface area contributed by atoms with E-state index >= 15 is 0 Å². The summed E-state index contributed by atoms with van der Waals surface area (Å²) in [5.74, 6) is -0.785. The molecule has 1 saturated carbocycles. The molecule has 3 fully saturated rings. The Kier molecular flexibility index (Phi) is 5.11. The molecular weight excluding hydrogens is 395 g/mol. The van der Waals surface area contributed by atoms with Crippen LogP contribution >= 0.6 is 0 Å². The molecule has 0 amide bonds. The fourth-order valence-corrected chi connectivity index (χ4v) is 5.55. The molecule has 5 rings (SSSR count). The van der Waals surface area contributed by atoms with E-state index in [2.05, 4.69) is 0 Å². The van der Waals surface area contributed by atoms with Crippen LogP contribution < -0.4 is 0 Å². The summed E-state index contributed by atoms with van der Waals surface area (Å²) in [4.78, 5) is 25.7. The van der Waals surface area contributed by atoms with Crippen molar-refractivity contribution < 1.29 is 28.5 Å². The van der Waals surface area contributed by atoms with Gasteiger partial charge in [0.1, 0.15) is 26.5 Å². The van der Waals surface area contributed by atoms with Gasteiger partial charge in [0.25, 0.3) is 0 Å². The number of rotatable bonds is 7. The van der Waals surface area contributed by atoms with Crippen molar-refractivity contribution in [2.24, 2.45) is 11.3 Å². The van der Waals surface area contributed by atoms with Crippen LogP contribution in [0.3, 0.4) is 0 Å². The van der Waals surface area contributed by atoms with Gasteiger partial charge in [-0.05, 0) is 17.5 Å². The van der Waals surface area contributed by atoms with Gasteiger partial charge in [0.15, 0.2) is 0 Å². The Morgan fingerprint density at radius 1 is 0.968 bits per heavy atom. The first kappa shape index (κ1) is 20.3. The lowest BCUT2D eigenvalue weighted by Crippen LogP contribution is -2.64. The minimum absolute atomic E-state index is 0.114. The molecule has 0 aromatic heterocycles. The summed E-state index contributed by atoms with van der Waals surface area (Å²) in [5, 5.41) is 0. The Morgan fingerprint density at radius 3 is 2.23 bits per heavy atom. The summed E-state index contributed by atoms with van der Waals surface area (Å²) in [5.41, 5.74) is 0.404. The van der Waals surface area contributed by atoms with E-state index in [1.165, 1.54) is 0 Å². The predicted octanol–water partition coefficient (Wildman–Crippen LogP) is 2.00. The van der Waals surface area contributed by atoms with Crippen LogP contribution in [-0.4, -0.2) is 44.1 Å². The van der Waals surface area contributed by atoms with E-state index in [4.69, 9.17) is 18.9 Å². The van der Waals surface area contributed by atoms with Crippen LogP contribution in [0.2, 0.25) is 0 Å². The normalized spacial score (nSPS) is 32.7. The molecule has 2 aromatic carbocycles. The van der Waals surface area contributed by atoms with Gasteiger partial charge >= 0.3 is 11.9 Å². The highest BCUT2D eigenvalue weighted by molar-refractivity contribution is 6.12. The maximum absolute atomic E-state index is 13.1. The van der Waals surface area contributed by atoms with E-state index < -0.39 is 11.0 Å². The highest BCUT2D eigenvalue weighted by Gasteiger charge is 2.78. The van der Waals surface area contributed by atoms with Crippen molar-refractivity contribution in [3.63, 3.8) is 0 Å². The number of carbonyl (C=O) groups excluding carboxylic acids is 2. The highest BCUT2D eigenvalue weighted by atomic mass is 16.6. The first-order valence-corrected chi connectivity index (χ1v) is 10.7. The minimum atomic E-state index is -0.746. The average molecular weight is 420 g/mol. The summed E-state index contributed by atoms with van der Waals surface area (Å²) < 4.78 is 23.3. The van der Waals surface area contributed by atoms with E-state index in [0.29, 0.717) is 13.0 Å². The number of esters is 2. The summed E-state index contributed by atoms with van der Waals surface area (Å²) in [6.45, 7) is 0.756. The number of hydrogen-bond acceptors (Lipinski definition) is 6. The monoisotopic (exact) mass is 420 g/mol. The van der Waals surface area contributed by atoms with E-state index in [1.807, 2.05) is 68.5 Å². The minimum Gasteiger partial charge on any atom is -0.461 e. The van der Waals surface area contributed by atoms with E-state index in [9.17, 15) is 9.59 Å². The zero-order valence-corrected chi connectivity index (χ0v) is 17.5. The quantitative estimate of drug-likeness (QED) is 0.504. The summed E-state index contributed by atoms with van der Waals surface area (Å²) >= 11 is 0. The second-order valence-electron chi connectivity index (χ2n) is 8.86. The van der Waals surface area contributed by atoms with Crippen molar-refractivity contribution in [2.45, 2.75) is 43.8 Å². The van der Waals surface area contributed by atoms with Crippen LogP contribution in [0.1, 0.15) is 24.0 Å². The second kappa shape index (κ2) is 7.81. The highest BCUT2D eigenvalue weighted by Crippen LogP contribution is 2.67. The molecule has 6 nitrogen and oxygen atoms in total. The lowest BCUT2D eigenvalue weighted by atomic mass is 9.50. The maximum Gasteiger partial charge on any atom is 0.315 e. The topological polar surface area (TPSA) is 71.1 Å². The molecule has 2 saturated heterocycles. The summed E-state index contributed by atoms with van der Waals surface area (Å²) in [6.07, 6.45) is 0.321. The van der Waals surface area contributed by atoms with E-state index in [-0.39, 0.29) is 49.6 Å². The van der Waals surface area contributed by atoms with Crippen LogP contribution in [-0.2, 0) is 41.8 Å². The fourth-order valence-electron chi connectivity index (χ4n) is 5.55. The molecule has 3 aliphatic rings. The Hall–Kier alpha value is -2.64. The number of carbonyl (C=O) groups is 2. The van der Waals surface area contributed by atoms with Crippen molar-refractivity contribution in [2.75, 3.05) is 6.61 Å². The molecule has 2 aliphatic heterocycles. The molecule has 0 N–H and O–H groups in total. The predicted molar refractivity (Wildman–Crippen MR) is 114 cm³/mol. The molecule has 7 heteroatoms. The van der Waals surface area contributed by atoms with Gasteiger partial charge in [0, 0.05) is 5.92 Å². The van der Waals surface area contributed by atoms with Gasteiger partial charge in [-0.25, -0.2) is 0 Å². The Morgan fingerprint density at radius 2 is 1.58 bits per heavy atom. The van der Waals surface area contributed by atoms with Crippen molar-refractivity contribution in [1.82, 2.24) is 0 Å². The fraction of sp³-hybridized carbons (Fsp3) is 0.417. The van der Waals surface area contributed by atoms with Crippen molar-refractivity contribution in [3.8, 4) is 0 Å². The van der Waals surface area contributed by atoms with Crippen LogP contribution in [0.4, 0.5) is 0 Å². The Bertz CT molecular complexity index is 967. The third kappa shape index (κ3) is 3.46.